The number of carbonyl (C=O) groups is 1. The first-order valence-corrected chi connectivity index (χ1v) is 8.33. The lowest BCUT2D eigenvalue weighted by molar-refractivity contribution is 0.111. The Morgan fingerprint density at radius 2 is 1.75 bits per heavy atom. The fourth-order valence-electron chi connectivity index (χ4n) is 3.75. The molecule has 5 heteroatoms. The SMILES string of the molecule is O=C(NC1CCCCC1)N1CCN(C2CCNC2)CC1. The Labute approximate surface area is 122 Å². The monoisotopic (exact) mass is 280 g/mol. The average molecular weight is 280 g/mol. The van der Waals surface area contributed by atoms with E-state index in [4.69, 9.17) is 0 Å². The standard InChI is InChI=1S/C15H28N4O/c20-15(17-13-4-2-1-3-5-13)19-10-8-18(9-11-19)14-6-7-16-12-14/h13-14,16H,1-12H2,(H,17,20). The van der Waals surface area contributed by atoms with Crippen LogP contribution in [0.1, 0.15) is 38.5 Å². The summed E-state index contributed by atoms with van der Waals surface area (Å²) >= 11 is 0. The highest BCUT2D eigenvalue weighted by Gasteiger charge is 2.28. The van der Waals surface area contributed by atoms with Gasteiger partial charge in [0.15, 0.2) is 0 Å². The molecule has 1 unspecified atom stereocenters. The molecular weight excluding hydrogens is 252 g/mol. The zero-order valence-electron chi connectivity index (χ0n) is 12.4. The van der Waals surface area contributed by atoms with Gasteiger partial charge in [0, 0.05) is 44.8 Å². The predicted octanol–water partition coefficient (Wildman–Crippen LogP) is 1.01. The van der Waals surface area contributed by atoms with Gasteiger partial charge in [0.05, 0.1) is 0 Å². The van der Waals surface area contributed by atoms with Gasteiger partial charge in [0.25, 0.3) is 0 Å². The Kier molecular flexibility index (Phi) is 4.78. The lowest BCUT2D eigenvalue weighted by Crippen LogP contribution is -2.55. The Morgan fingerprint density at radius 3 is 2.40 bits per heavy atom. The van der Waals surface area contributed by atoms with Crippen LogP contribution in [-0.4, -0.2) is 67.2 Å². The molecule has 0 aromatic heterocycles. The fourth-order valence-corrected chi connectivity index (χ4v) is 3.75. The van der Waals surface area contributed by atoms with E-state index in [1.807, 2.05) is 4.90 Å². The van der Waals surface area contributed by atoms with E-state index in [2.05, 4.69) is 15.5 Å². The van der Waals surface area contributed by atoms with Gasteiger partial charge in [-0.1, -0.05) is 19.3 Å². The number of nitrogens with one attached hydrogen (secondary N) is 2. The first-order chi connectivity index (χ1) is 9.83. The lowest BCUT2D eigenvalue weighted by atomic mass is 9.96. The molecule has 20 heavy (non-hydrogen) atoms. The van der Waals surface area contributed by atoms with Crippen molar-refractivity contribution in [3.05, 3.63) is 0 Å². The molecule has 0 bridgehead atoms. The molecule has 3 aliphatic rings. The molecule has 2 saturated heterocycles. The minimum atomic E-state index is 0.168. The highest BCUT2D eigenvalue weighted by Crippen LogP contribution is 2.18. The summed E-state index contributed by atoms with van der Waals surface area (Å²) in [6.45, 7) is 6.10. The van der Waals surface area contributed by atoms with Crippen LogP contribution in [0, 0.1) is 0 Å². The lowest BCUT2D eigenvalue weighted by Gasteiger charge is -2.38. The minimum Gasteiger partial charge on any atom is -0.335 e. The molecule has 5 nitrogen and oxygen atoms in total. The second kappa shape index (κ2) is 6.76. The molecule has 1 atom stereocenters. The number of hydrogen-bond acceptors (Lipinski definition) is 3. The van der Waals surface area contributed by atoms with E-state index < -0.39 is 0 Å². The Bertz CT molecular complexity index is 316. The van der Waals surface area contributed by atoms with E-state index in [-0.39, 0.29) is 6.03 Å². The van der Waals surface area contributed by atoms with E-state index in [0.29, 0.717) is 12.1 Å². The molecule has 114 valence electrons. The number of amides is 2. The maximum atomic E-state index is 12.3. The molecular formula is C15H28N4O. The van der Waals surface area contributed by atoms with Gasteiger partial charge in [-0.15, -0.1) is 0 Å². The van der Waals surface area contributed by atoms with Crippen molar-refractivity contribution >= 4 is 6.03 Å². The molecule has 3 rings (SSSR count). The summed E-state index contributed by atoms with van der Waals surface area (Å²) in [6.07, 6.45) is 7.47. The molecule has 0 spiro atoms. The van der Waals surface area contributed by atoms with Gasteiger partial charge in [0.1, 0.15) is 0 Å². The van der Waals surface area contributed by atoms with Crippen LogP contribution in [0.3, 0.4) is 0 Å². The van der Waals surface area contributed by atoms with Gasteiger partial charge in [-0.2, -0.15) is 0 Å². The number of rotatable bonds is 2. The summed E-state index contributed by atoms with van der Waals surface area (Å²) < 4.78 is 0. The van der Waals surface area contributed by atoms with Gasteiger partial charge >= 0.3 is 6.03 Å². The van der Waals surface area contributed by atoms with Crippen LogP contribution in [-0.2, 0) is 0 Å². The molecule has 0 aromatic carbocycles. The molecule has 1 saturated carbocycles. The summed E-state index contributed by atoms with van der Waals surface area (Å²) in [4.78, 5) is 16.8. The highest BCUT2D eigenvalue weighted by molar-refractivity contribution is 5.74. The molecule has 0 aromatic rings. The van der Waals surface area contributed by atoms with Gasteiger partial charge in [-0.25, -0.2) is 4.79 Å². The summed E-state index contributed by atoms with van der Waals surface area (Å²) in [7, 11) is 0. The predicted molar refractivity (Wildman–Crippen MR) is 79.8 cm³/mol. The average Bonchev–Trinajstić information content (AvgIpc) is 3.03. The Balaban J connectivity index is 1.41. The van der Waals surface area contributed by atoms with Crippen molar-refractivity contribution in [1.29, 1.82) is 0 Å². The van der Waals surface area contributed by atoms with Gasteiger partial charge in [-0.05, 0) is 25.8 Å². The zero-order chi connectivity index (χ0) is 13.8. The van der Waals surface area contributed by atoms with Crippen molar-refractivity contribution in [2.75, 3.05) is 39.3 Å². The first kappa shape index (κ1) is 14.1. The van der Waals surface area contributed by atoms with Gasteiger partial charge < -0.3 is 15.5 Å². The third kappa shape index (κ3) is 3.44. The largest absolute Gasteiger partial charge is 0.335 e. The number of carbonyl (C=O) groups excluding carboxylic acids is 1. The molecule has 3 fully saturated rings. The van der Waals surface area contributed by atoms with Crippen LogP contribution in [0.5, 0.6) is 0 Å². The summed E-state index contributed by atoms with van der Waals surface area (Å²) in [5, 5.41) is 6.65. The third-order valence-electron chi connectivity index (χ3n) is 5.08. The van der Waals surface area contributed by atoms with E-state index in [1.54, 1.807) is 0 Å². The van der Waals surface area contributed by atoms with Crippen LogP contribution in [0.2, 0.25) is 0 Å². The van der Waals surface area contributed by atoms with Gasteiger partial charge in [-0.3, -0.25) is 4.90 Å². The second-order valence-electron chi connectivity index (χ2n) is 6.45. The maximum Gasteiger partial charge on any atom is 0.317 e. The number of urea groups is 1. The van der Waals surface area contributed by atoms with Crippen LogP contribution < -0.4 is 10.6 Å². The van der Waals surface area contributed by atoms with Crippen LogP contribution in [0.25, 0.3) is 0 Å². The van der Waals surface area contributed by atoms with Crippen molar-refractivity contribution in [3.8, 4) is 0 Å². The molecule has 0 radical (unpaired) electrons. The normalized spacial score (nSPS) is 29.6. The minimum absolute atomic E-state index is 0.168. The third-order valence-corrected chi connectivity index (χ3v) is 5.08. The van der Waals surface area contributed by atoms with Crippen molar-refractivity contribution in [1.82, 2.24) is 20.4 Å². The highest BCUT2D eigenvalue weighted by atomic mass is 16.2. The van der Waals surface area contributed by atoms with E-state index >= 15 is 0 Å². The molecule has 2 N–H and O–H groups in total. The topological polar surface area (TPSA) is 47.6 Å². The molecule has 2 aliphatic heterocycles. The second-order valence-corrected chi connectivity index (χ2v) is 6.45. The number of hydrogen-bond donors (Lipinski definition) is 2. The number of nitrogens with zero attached hydrogens (tertiary/aromatic N) is 2. The van der Waals surface area contributed by atoms with Gasteiger partial charge in [0.2, 0.25) is 0 Å². The quantitative estimate of drug-likeness (QED) is 0.793. The van der Waals surface area contributed by atoms with Crippen molar-refractivity contribution in [2.24, 2.45) is 0 Å². The summed E-state index contributed by atoms with van der Waals surface area (Å²) in [5.41, 5.74) is 0. The van der Waals surface area contributed by atoms with Crippen LogP contribution >= 0.6 is 0 Å². The van der Waals surface area contributed by atoms with E-state index in [0.717, 1.165) is 39.3 Å². The maximum absolute atomic E-state index is 12.3. The number of piperazine rings is 1. The first-order valence-electron chi connectivity index (χ1n) is 8.33. The van der Waals surface area contributed by atoms with Crippen molar-refractivity contribution in [2.45, 2.75) is 50.6 Å². The molecule has 2 amide bonds. The van der Waals surface area contributed by atoms with Crippen LogP contribution in [0.4, 0.5) is 4.79 Å². The summed E-state index contributed by atoms with van der Waals surface area (Å²) in [6, 6.07) is 1.29. The van der Waals surface area contributed by atoms with Crippen molar-refractivity contribution < 1.29 is 4.79 Å². The van der Waals surface area contributed by atoms with Crippen molar-refractivity contribution in [3.63, 3.8) is 0 Å². The zero-order valence-corrected chi connectivity index (χ0v) is 12.4. The Hall–Kier alpha value is -0.810. The Morgan fingerprint density at radius 1 is 1.00 bits per heavy atom. The molecule has 2 heterocycles. The van der Waals surface area contributed by atoms with E-state index in [1.165, 1.54) is 38.5 Å². The van der Waals surface area contributed by atoms with Crippen LogP contribution in [0.15, 0.2) is 0 Å². The smallest absolute Gasteiger partial charge is 0.317 e. The fraction of sp³-hybridized carbons (Fsp3) is 0.933. The van der Waals surface area contributed by atoms with E-state index in [9.17, 15) is 4.79 Å². The summed E-state index contributed by atoms with van der Waals surface area (Å²) in [5.74, 6) is 0. The molecule has 1 aliphatic carbocycles.